The molecule has 2 aromatic carbocycles. The quantitative estimate of drug-likeness (QED) is 0.357. The van der Waals surface area contributed by atoms with Crippen LogP contribution in [0.1, 0.15) is 33.2 Å². The third kappa shape index (κ3) is 5.49. The molecule has 1 unspecified atom stereocenters. The number of benzene rings is 2. The number of esters is 2. The van der Waals surface area contributed by atoms with Crippen LogP contribution in [0.3, 0.4) is 0 Å². The Labute approximate surface area is 221 Å². The number of carboxylic acids is 1. The maximum Gasteiger partial charge on any atom is 0.355 e. The van der Waals surface area contributed by atoms with Gasteiger partial charge in [0.25, 0.3) is 11.8 Å². The molecule has 38 heavy (non-hydrogen) atoms. The summed E-state index contributed by atoms with van der Waals surface area (Å²) >= 11 is 1.28. The Balaban J connectivity index is 1.52. The van der Waals surface area contributed by atoms with Gasteiger partial charge in [-0.25, -0.2) is 9.59 Å². The lowest BCUT2D eigenvalue weighted by molar-refractivity contribution is -0.152. The Hall–Kier alpha value is -4.32. The van der Waals surface area contributed by atoms with Gasteiger partial charge >= 0.3 is 17.9 Å². The van der Waals surface area contributed by atoms with E-state index in [9.17, 15) is 29.1 Å². The fourth-order valence-corrected chi connectivity index (χ4v) is 5.32. The normalized spacial score (nSPS) is 18.2. The van der Waals surface area contributed by atoms with Gasteiger partial charge in [0.05, 0.1) is 18.2 Å². The lowest BCUT2D eigenvalue weighted by atomic mass is 10.0. The number of β-lactam (4-membered cyclic amide) rings is 1. The molecule has 198 valence electrons. The molecule has 2 aliphatic heterocycles. The van der Waals surface area contributed by atoms with Gasteiger partial charge in [-0.05, 0) is 29.8 Å². The summed E-state index contributed by atoms with van der Waals surface area (Å²) in [6, 6.07) is 11.6. The van der Waals surface area contributed by atoms with E-state index < -0.39 is 41.1 Å². The number of carboxylic acid groups (broad SMARTS) is 1. The highest BCUT2D eigenvalue weighted by Gasteiger charge is 2.54. The van der Waals surface area contributed by atoms with Gasteiger partial charge in [-0.1, -0.05) is 24.3 Å². The van der Waals surface area contributed by atoms with Crippen molar-refractivity contribution in [3.63, 3.8) is 0 Å². The molecule has 0 aliphatic carbocycles. The molecule has 2 amide bonds. The van der Waals surface area contributed by atoms with Crippen LogP contribution >= 0.6 is 11.8 Å². The molecule has 2 aliphatic rings. The van der Waals surface area contributed by atoms with E-state index >= 15 is 0 Å². The van der Waals surface area contributed by atoms with Crippen molar-refractivity contribution in [2.24, 2.45) is 0 Å². The van der Waals surface area contributed by atoms with E-state index in [0.717, 1.165) is 0 Å². The molecule has 2 N–H and O–H groups in total. The first kappa shape index (κ1) is 26.7. The molecule has 0 bridgehead atoms. The van der Waals surface area contributed by atoms with Crippen LogP contribution in [0.25, 0.3) is 0 Å². The predicted octanol–water partition coefficient (Wildman–Crippen LogP) is 1.97. The highest BCUT2D eigenvalue weighted by atomic mass is 32.2. The van der Waals surface area contributed by atoms with Crippen LogP contribution in [-0.2, 0) is 30.5 Å². The highest BCUT2D eigenvalue weighted by molar-refractivity contribution is 8.00. The van der Waals surface area contributed by atoms with Crippen LogP contribution in [-0.4, -0.2) is 70.6 Å². The fraction of sp³-hybridized carbons (Fsp3) is 0.269. The van der Waals surface area contributed by atoms with Gasteiger partial charge in [-0.2, -0.15) is 0 Å². The lowest BCUT2D eigenvalue weighted by Gasteiger charge is -2.49. The average molecular weight is 541 g/mol. The van der Waals surface area contributed by atoms with Crippen molar-refractivity contribution in [2.45, 2.75) is 24.9 Å². The summed E-state index contributed by atoms with van der Waals surface area (Å²) in [5.41, 5.74) is 0.772. The molecule has 2 heterocycles. The number of rotatable bonds is 9. The first-order valence-electron chi connectivity index (χ1n) is 11.4. The molecule has 12 heteroatoms. The number of nitrogens with one attached hydrogen (secondary N) is 1. The number of thioether (sulfide) groups is 1. The van der Waals surface area contributed by atoms with Gasteiger partial charge in [0, 0.05) is 18.2 Å². The van der Waals surface area contributed by atoms with Crippen molar-refractivity contribution in [3.8, 4) is 5.75 Å². The average Bonchev–Trinajstić information content (AvgIpc) is 2.92. The molecule has 0 radical (unpaired) electrons. The van der Waals surface area contributed by atoms with Gasteiger partial charge in [-0.3, -0.25) is 19.3 Å². The van der Waals surface area contributed by atoms with E-state index in [1.54, 1.807) is 24.3 Å². The summed E-state index contributed by atoms with van der Waals surface area (Å²) in [5, 5.41) is 11.3. The zero-order valence-corrected chi connectivity index (χ0v) is 21.3. The molecule has 0 saturated carbocycles. The van der Waals surface area contributed by atoms with Gasteiger partial charge in [0.2, 0.25) is 0 Å². The summed E-state index contributed by atoms with van der Waals surface area (Å²) in [5.74, 6) is -3.00. The van der Waals surface area contributed by atoms with Crippen LogP contribution in [0.2, 0.25) is 0 Å². The smallest absolute Gasteiger partial charge is 0.355 e. The predicted molar refractivity (Wildman–Crippen MR) is 134 cm³/mol. The van der Waals surface area contributed by atoms with Crippen LogP contribution in [0, 0.1) is 0 Å². The minimum absolute atomic E-state index is 0.0371. The molecule has 1 saturated heterocycles. The van der Waals surface area contributed by atoms with E-state index in [2.05, 4.69) is 5.32 Å². The lowest BCUT2D eigenvalue weighted by Crippen LogP contribution is -2.70. The largest absolute Gasteiger partial charge is 0.497 e. The molecule has 2 aromatic rings. The molecule has 2 atom stereocenters. The first-order chi connectivity index (χ1) is 18.2. The van der Waals surface area contributed by atoms with Crippen LogP contribution in [0.5, 0.6) is 5.75 Å². The SMILES string of the molecule is COc1ccc(COC(=O)C2=C(COC(C)=O)CS[C@@H]3C(NC(=O)c4ccccc4C(=O)O)C(=O)N23)cc1. The summed E-state index contributed by atoms with van der Waals surface area (Å²) in [4.78, 5) is 63.2. The number of nitrogens with zero attached hydrogens (tertiary/aromatic N) is 1. The summed E-state index contributed by atoms with van der Waals surface area (Å²) in [7, 11) is 1.54. The van der Waals surface area contributed by atoms with Gasteiger partial charge in [0.1, 0.15) is 36.1 Å². The second kappa shape index (κ2) is 11.4. The zero-order valence-electron chi connectivity index (χ0n) is 20.5. The number of methoxy groups -OCH3 is 1. The summed E-state index contributed by atoms with van der Waals surface area (Å²) in [6.45, 7) is 0.963. The number of ether oxygens (including phenoxy) is 3. The number of carbonyl (C=O) groups excluding carboxylic acids is 4. The van der Waals surface area contributed by atoms with E-state index in [-0.39, 0.29) is 35.8 Å². The summed E-state index contributed by atoms with van der Waals surface area (Å²) < 4.78 is 15.7. The minimum Gasteiger partial charge on any atom is -0.497 e. The van der Waals surface area contributed by atoms with Gasteiger partial charge in [0.15, 0.2) is 0 Å². The second-order valence-corrected chi connectivity index (χ2v) is 9.47. The second-order valence-electron chi connectivity index (χ2n) is 8.37. The monoisotopic (exact) mass is 540 g/mol. The summed E-state index contributed by atoms with van der Waals surface area (Å²) in [6.07, 6.45) is 0. The Morgan fingerprint density at radius 3 is 2.34 bits per heavy atom. The Kier molecular flexibility index (Phi) is 8.01. The van der Waals surface area contributed by atoms with Crippen LogP contribution < -0.4 is 10.1 Å². The van der Waals surface area contributed by atoms with E-state index in [1.165, 1.54) is 55.0 Å². The van der Waals surface area contributed by atoms with Crippen molar-refractivity contribution in [2.75, 3.05) is 19.5 Å². The van der Waals surface area contributed by atoms with E-state index in [0.29, 0.717) is 16.9 Å². The topological polar surface area (TPSA) is 149 Å². The van der Waals surface area contributed by atoms with E-state index in [4.69, 9.17) is 14.2 Å². The maximum atomic E-state index is 13.2. The third-order valence-electron chi connectivity index (χ3n) is 5.91. The van der Waals surface area contributed by atoms with Crippen molar-refractivity contribution in [1.29, 1.82) is 0 Å². The molecule has 0 aromatic heterocycles. The molecular formula is C26H24N2O9S. The van der Waals surface area contributed by atoms with Gasteiger partial charge < -0.3 is 24.6 Å². The fourth-order valence-electron chi connectivity index (χ4n) is 4.00. The molecular weight excluding hydrogens is 516 g/mol. The minimum atomic E-state index is -1.27. The van der Waals surface area contributed by atoms with Crippen molar-refractivity contribution < 1.29 is 43.3 Å². The highest BCUT2D eigenvalue weighted by Crippen LogP contribution is 2.41. The molecule has 4 rings (SSSR count). The van der Waals surface area contributed by atoms with Crippen molar-refractivity contribution in [3.05, 3.63) is 76.5 Å². The zero-order chi connectivity index (χ0) is 27.4. The number of hydrogen-bond acceptors (Lipinski definition) is 9. The van der Waals surface area contributed by atoms with Crippen LogP contribution in [0.15, 0.2) is 59.8 Å². The molecule has 1 fully saturated rings. The molecule has 0 spiro atoms. The molecule has 11 nitrogen and oxygen atoms in total. The first-order valence-corrected chi connectivity index (χ1v) is 12.5. The Bertz CT molecular complexity index is 1320. The van der Waals surface area contributed by atoms with Crippen molar-refractivity contribution in [1.82, 2.24) is 10.2 Å². The number of aromatic carboxylic acids is 1. The Morgan fingerprint density at radius 1 is 1.03 bits per heavy atom. The van der Waals surface area contributed by atoms with Crippen molar-refractivity contribution >= 4 is 41.5 Å². The number of carbonyl (C=O) groups is 5. The Morgan fingerprint density at radius 2 is 1.71 bits per heavy atom. The van der Waals surface area contributed by atoms with Gasteiger partial charge in [-0.15, -0.1) is 11.8 Å². The van der Waals surface area contributed by atoms with E-state index in [1.807, 2.05) is 0 Å². The van der Waals surface area contributed by atoms with Crippen LogP contribution in [0.4, 0.5) is 0 Å². The number of hydrogen-bond donors (Lipinski definition) is 2. The third-order valence-corrected chi connectivity index (χ3v) is 7.25. The number of amides is 2. The number of fused-ring (bicyclic) bond motifs is 1. The standard InChI is InChI=1S/C26H24N2O9S/c1-14(29)36-12-16-13-38-24-20(27-22(30)18-5-3-4-6-19(18)25(32)33)23(31)28(24)21(16)26(34)37-11-15-7-9-17(35-2)10-8-15/h3-10,20,24H,11-13H2,1-2H3,(H,27,30)(H,32,33)/t20?,24-/m1/s1. The maximum absolute atomic E-state index is 13.2.